The number of amides is 1. The maximum atomic E-state index is 12.6. The molecule has 0 aromatic heterocycles. The van der Waals surface area contributed by atoms with Gasteiger partial charge in [-0.1, -0.05) is 30.3 Å². The molecule has 1 N–H and O–H groups in total. The molecule has 1 aliphatic rings. The van der Waals surface area contributed by atoms with Gasteiger partial charge in [-0.15, -0.1) is 0 Å². The molecule has 0 bridgehead atoms. The Balaban J connectivity index is 2.11. The number of carbonyl (C=O) groups excluding carboxylic acids is 3. The van der Waals surface area contributed by atoms with E-state index in [0.717, 1.165) is 5.56 Å². The van der Waals surface area contributed by atoms with Gasteiger partial charge in [-0.2, -0.15) is 0 Å². The van der Waals surface area contributed by atoms with Gasteiger partial charge in [0.05, 0.1) is 13.7 Å². The molecule has 7 heteroatoms. The fourth-order valence-corrected chi connectivity index (χ4v) is 2.38. The predicted molar refractivity (Wildman–Crippen MR) is 93.1 cm³/mol. The standard InChI is InChI=1S/C19H23NO6/c1-13(21)20-15(11-14-7-5-4-6-8-14)18(23)26-16(19(2)12-25-19)9-10-17(22)24-3/h4-10,15-16H,11-12H2,1-3H3,(H,20,21)/b10-9+/t15-,16+,19-/m0/s1. The second-order valence-electron chi connectivity index (χ2n) is 6.28. The van der Waals surface area contributed by atoms with Gasteiger partial charge in [0.2, 0.25) is 5.91 Å². The lowest BCUT2D eigenvalue weighted by molar-refractivity contribution is -0.153. The van der Waals surface area contributed by atoms with Crippen molar-refractivity contribution in [2.45, 2.75) is 38.0 Å². The molecule has 1 heterocycles. The molecule has 0 aliphatic carbocycles. The first kappa shape index (κ1) is 19.7. The zero-order valence-electron chi connectivity index (χ0n) is 15.1. The number of benzene rings is 1. The van der Waals surface area contributed by atoms with Crippen LogP contribution in [-0.4, -0.2) is 49.3 Å². The highest BCUT2D eigenvalue weighted by molar-refractivity contribution is 5.84. The summed E-state index contributed by atoms with van der Waals surface area (Å²) in [5, 5.41) is 2.61. The summed E-state index contributed by atoms with van der Waals surface area (Å²) in [5.41, 5.74) is 0.201. The van der Waals surface area contributed by atoms with Crippen LogP contribution in [0.15, 0.2) is 42.5 Å². The first-order valence-corrected chi connectivity index (χ1v) is 8.25. The lowest BCUT2D eigenvalue weighted by atomic mass is 10.0. The Morgan fingerprint density at radius 3 is 2.50 bits per heavy atom. The Bertz CT molecular complexity index is 681. The number of hydrogen-bond donors (Lipinski definition) is 1. The molecule has 0 radical (unpaired) electrons. The average molecular weight is 361 g/mol. The number of esters is 2. The quantitative estimate of drug-likeness (QED) is 0.424. The van der Waals surface area contributed by atoms with E-state index in [2.05, 4.69) is 10.1 Å². The Hall–Kier alpha value is -2.67. The smallest absolute Gasteiger partial charge is 0.330 e. The molecule has 0 unspecified atom stereocenters. The molecule has 1 fully saturated rings. The van der Waals surface area contributed by atoms with Crippen LogP contribution in [0.5, 0.6) is 0 Å². The van der Waals surface area contributed by atoms with Gasteiger partial charge in [0.1, 0.15) is 11.6 Å². The van der Waals surface area contributed by atoms with Crippen molar-refractivity contribution in [2.24, 2.45) is 0 Å². The number of nitrogens with one attached hydrogen (secondary N) is 1. The fourth-order valence-electron chi connectivity index (χ4n) is 2.38. The molecular weight excluding hydrogens is 338 g/mol. The zero-order chi connectivity index (χ0) is 19.2. The van der Waals surface area contributed by atoms with E-state index in [4.69, 9.17) is 9.47 Å². The van der Waals surface area contributed by atoms with Gasteiger partial charge in [0.15, 0.2) is 6.10 Å². The van der Waals surface area contributed by atoms with Crippen LogP contribution in [0.4, 0.5) is 0 Å². The molecule has 1 saturated heterocycles. The Kier molecular flexibility index (Phi) is 6.52. The van der Waals surface area contributed by atoms with E-state index in [9.17, 15) is 14.4 Å². The summed E-state index contributed by atoms with van der Waals surface area (Å²) < 4.78 is 15.4. The van der Waals surface area contributed by atoms with E-state index in [-0.39, 0.29) is 5.91 Å². The van der Waals surface area contributed by atoms with Crippen LogP contribution in [0, 0.1) is 0 Å². The largest absolute Gasteiger partial charge is 0.466 e. The van der Waals surface area contributed by atoms with E-state index in [1.54, 1.807) is 6.92 Å². The number of carbonyl (C=O) groups is 3. The highest BCUT2D eigenvalue weighted by Crippen LogP contribution is 2.33. The average Bonchev–Trinajstić information content (AvgIpc) is 3.36. The van der Waals surface area contributed by atoms with Crippen molar-refractivity contribution in [3.05, 3.63) is 48.0 Å². The fraction of sp³-hybridized carbons (Fsp3) is 0.421. The van der Waals surface area contributed by atoms with E-state index in [0.29, 0.717) is 13.0 Å². The van der Waals surface area contributed by atoms with Crippen molar-refractivity contribution in [1.29, 1.82) is 0 Å². The SMILES string of the molecule is COC(=O)/C=C/[C@@H](OC(=O)[C@H](Cc1ccccc1)NC(C)=O)[C@]1(C)CO1. The highest BCUT2D eigenvalue weighted by atomic mass is 16.6. The van der Waals surface area contributed by atoms with Gasteiger partial charge < -0.3 is 19.5 Å². The van der Waals surface area contributed by atoms with Crippen molar-refractivity contribution in [2.75, 3.05) is 13.7 Å². The lowest BCUT2D eigenvalue weighted by Crippen LogP contribution is -2.45. The monoisotopic (exact) mass is 361 g/mol. The van der Waals surface area contributed by atoms with Gasteiger partial charge >= 0.3 is 11.9 Å². The molecule has 7 nitrogen and oxygen atoms in total. The number of ether oxygens (including phenoxy) is 3. The third-order valence-electron chi connectivity index (χ3n) is 4.00. The summed E-state index contributed by atoms with van der Waals surface area (Å²) in [4.78, 5) is 35.4. The molecule has 0 spiro atoms. The predicted octanol–water partition coefficient (Wildman–Crippen LogP) is 1.16. The number of epoxide rings is 1. The Morgan fingerprint density at radius 2 is 1.96 bits per heavy atom. The van der Waals surface area contributed by atoms with Crippen molar-refractivity contribution < 1.29 is 28.6 Å². The van der Waals surface area contributed by atoms with Crippen molar-refractivity contribution in [3.8, 4) is 0 Å². The molecule has 2 rings (SSSR count). The summed E-state index contributed by atoms with van der Waals surface area (Å²) >= 11 is 0. The number of hydrogen-bond acceptors (Lipinski definition) is 6. The minimum absolute atomic E-state index is 0.296. The van der Waals surface area contributed by atoms with Crippen LogP contribution in [0.2, 0.25) is 0 Å². The van der Waals surface area contributed by atoms with Crippen LogP contribution >= 0.6 is 0 Å². The second kappa shape index (κ2) is 8.62. The van der Waals surface area contributed by atoms with Gasteiger partial charge in [-0.3, -0.25) is 4.79 Å². The normalized spacial score (nSPS) is 20.9. The van der Waals surface area contributed by atoms with Gasteiger partial charge in [-0.05, 0) is 18.6 Å². The van der Waals surface area contributed by atoms with Crippen LogP contribution in [0.1, 0.15) is 19.4 Å². The topological polar surface area (TPSA) is 94.2 Å². The van der Waals surface area contributed by atoms with E-state index >= 15 is 0 Å². The Labute approximate surface area is 152 Å². The minimum Gasteiger partial charge on any atom is -0.466 e. The van der Waals surface area contributed by atoms with Crippen LogP contribution in [-0.2, 0) is 35.0 Å². The highest BCUT2D eigenvalue weighted by Gasteiger charge is 2.49. The van der Waals surface area contributed by atoms with Gasteiger partial charge in [0, 0.05) is 19.4 Å². The van der Waals surface area contributed by atoms with E-state index in [1.165, 1.54) is 26.2 Å². The minimum atomic E-state index is -0.841. The molecule has 0 saturated carbocycles. The summed E-state index contributed by atoms with van der Waals surface area (Å²) in [6.07, 6.45) is 2.16. The summed E-state index contributed by atoms with van der Waals surface area (Å²) in [6.45, 7) is 3.52. The van der Waals surface area contributed by atoms with Gasteiger partial charge in [0.25, 0.3) is 0 Å². The molecule has 140 valence electrons. The van der Waals surface area contributed by atoms with Crippen LogP contribution in [0.3, 0.4) is 0 Å². The molecule has 1 aromatic carbocycles. The zero-order valence-corrected chi connectivity index (χ0v) is 15.1. The first-order chi connectivity index (χ1) is 12.3. The third-order valence-corrected chi connectivity index (χ3v) is 4.00. The summed E-state index contributed by atoms with van der Waals surface area (Å²) in [5.74, 6) is -1.49. The van der Waals surface area contributed by atoms with E-state index in [1.807, 2.05) is 30.3 Å². The second-order valence-corrected chi connectivity index (χ2v) is 6.28. The summed E-state index contributed by atoms with van der Waals surface area (Å²) in [7, 11) is 1.26. The lowest BCUT2D eigenvalue weighted by Gasteiger charge is -2.22. The number of rotatable bonds is 8. The van der Waals surface area contributed by atoms with Crippen molar-refractivity contribution in [3.63, 3.8) is 0 Å². The third kappa shape index (κ3) is 5.70. The number of methoxy groups -OCH3 is 1. The molecule has 1 aromatic rings. The Morgan fingerprint density at radius 1 is 1.31 bits per heavy atom. The van der Waals surface area contributed by atoms with Crippen LogP contribution in [0.25, 0.3) is 0 Å². The van der Waals surface area contributed by atoms with E-state index < -0.39 is 29.7 Å². The first-order valence-electron chi connectivity index (χ1n) is 8.25. The van der Waals surface area contributed by atoms with Crippen LogP contribution < -0.4 is 5.32 Å². The van der Waals surface area contributed by atoms with Gasteiger partial charge in [-0.25, -0.2) is 9.59 Å². The molecule has 26 heavy (non-hydrogen) atoms. The van der Waals surface area contributed by atoms with Crippen molar-refractivity contribution in [1.82, 2.24) is 5.32 Å². The molecule has 1 amide bonds. The molecular formula is C19H23NO6. The molecule has 1 aliphatic heterocycles. The summed E-state index contributed by atoms with van der Waals surface area (Å²) in [6, 6.07) is 8.46. The van der Waals surface area contributed by atoms with Crippen molar-refractivity contribution >= 4 is 17.8 Å². The maximum absolute atomic E-state index is 12.6. The molecule has 3 atom stereocenters. The maximum Gasteiger partial charge on any atom is 0.330 e.